The molecule has 0 unspecified atom stereocenters. The van der Waals surface area contributed by atoms with Crippen molar-refractivity contribution in [3.05, 3.63) is 10.6 Å². The molecule has 1 saturated carbocycles. The second-order valence-corrected chi connectivity index (χ2v) is 7.34. The molecule has 0 aromatic carbocycles. The van der Waals surface area contributed by atoms with Crippen LogP contribution in [0.5, 0.6) is 0 Å². The fourth-order valence-electron chi connectivity index (χ4n) is 3.80. The molecule has 0 atom stereocenters. The number of hydrogen-bond acceptors (Lipinski definition) is 5. The minimum atomic E-state index is -0.0672. The number of hydrogen-bond donors (Lipinski definition) is 1. The number of piperazine rings is 1. The summed E-state index contributed by atoms with van der Waals surface area (Å²) in [6.07, 6.45) is 7.14. The second kappa shape index (κ2) is 7.88. The molecular formula is C16H29N5OS. The molecule has 1 N–H and O–H groups in total. The number of aromatic nitrogens is 3. The number of aliphatic hydroxyl groups excluding tert-OH is 1. The van der Waals surface area contributed by atoms with Gasteiger partial charge in [-0.25, -0.2) is 4.68 Å². The van der Waals surface area contributed by atoms with Gasteiger partial charge in [0.25, 0.3) is 0 Å². The smallest absolute Gasteiger partial charge is 0.198 e. The second-order valence-electron chi connectivity index (χ2n) is 6.98. The van der Waals surface area contributed by atoms with Gasteiger partial charge in [0.05, 0.1) is 6.67 Å². The van der Waals surface area contributed by atoms with Crippen LogP contribution in [-0.2, 0) is 20.3 Å². The minimum absolute atomic E-state index is 0.0672. The molecular weight excluding hydrogens is 310 g/mol. The van der Waals surface area contributed by atoms with E-state index in [1.54, 1.807) is 4.57 Å². The van der Waals surface area contributed by atoms with E-state index in [0.717, 1.165) is 38.8 Å². The molecule has 0 amide bonds. The maximum absolute atomic E-state index is 9.29. The summed E-state index contributed by atoms with van der Waals surface area (Å²) in [5.41, 5.74) is 0. The van der Waals surface area contributed by atoms with Crippen LogP contribution in [0.15, 0.2) is 0 Å². The van der Waals surface area contributed by atoms with Gasteiger partial charge in [-0.1, -0.05) is 19.3 Å². The lowest BCUT2D eigenvalue weighted by Crippen LogP contribution is -2.48. The summed E-state index contributed by atoms with van der Waals surface area (Å²) in [5.74, 6) is 1.55. The van der Waals surface area contributed by atoms with Crippen LogP contribution in [0.3, 0.4) is 0 Å². The lowest BCUT2D eigenvalue weighted by molar-refractivity contribution is 0.0860. The molecule has 1 aromatic rings. The van der Waals surface area contributed by atoms with Crippen LogP contribution in [0.4, 0.5) is 0 Å². The topological polar surface area (TPSA) is 49.5 Å². The van der Waals surface area contributed by atoms with E-state index in [0.29, 0.717) is 10.6 Å². The molecule has 7 heteroatoms. The molecule has 1 saturated heterocycles. The molecule has 2 heterocycles. The van der Waals surface area contributed by atoms with Gasteiger partial charge in [0.2, 0.25) is 0 Å². The third kappa shape index (κ3) is 4.21. The summed E-state index contributed by atoms with van der Waals surface area (Å²) >= 11 is 5.40. The summed E-state index contributed by atoms with van der Waals surface area (Å²) in [6.45, 7) is 6.36. The van der Waals surface area contributed by atoms with Crippen molar-refractivity contribution in [1.29, 1.82) is 0 Å². The lowest BCUT2D eigenvalue weighted by atomic mass is 9.89. The van der Waals surface area contributed by atoms with E-state index in [9.17, 15) is 5.11 Å². The standard InChI is InChI=1S/C16H29N5OS/c1-18-15(12-22)17-21(16(18)23)13-20-9-7-19(8-10-20)11-14-5-3-2-4-6-14/h14,22H,2-13H2,1H3. The molecule has 130 valence electrons. The summed E-state index contributed by atoms with van der Waals surface area (Å²) in [5, 5.41) is 13.7. The number of nitrogens with zero attached hydrogens (tertiary/aromatic N) is 5. The molecule has 3 rings (SSSR count). The third-order valence-corrected chi connectivity index (χ3v) is 5.80. The van der Waals surface area contributed by atoms with Gasteiger partial charge >= 0.3 is 0 Å². The molecule has 0 bridgehead atoms. The normalized spacial score (nSPS) is 21.8. The maximum Gasteiger partial charge on any atom is 0.198 e. The summed E-state index contributed by atoms with van der Waals surface area (Å²) in [4.78, 5) is 5.03. The van der Waals surface area contributed by atoms with Crippen LogP contribution in [0.25, 0.3) is 0 Å². The fraction of sp³-hybridized carbons (Fsp3) is 0.875. The van der Waals surface area contributed by atoms with Gasteiger partial charge in [-0.3, -0.25) is 4.90 Å². The average Bonchev–Trinajstić information content (AvgIpc) is 2.85. The Morgan fingerprint density at radius 2 is 1.74 bits per heavy atom. The summed E-state index contributed by atoms with van der Waals surface area (Å²) < 4.78 is 4.30. The third-order valence-electron chi connectivity index (χ3n) is 5.31. The largest absolute Gasteiger partial charge is 0.388 e. The SMILES string of the molecule is Cn1c(CO)nn(CN2CCN(CC3CCCCC3)CC2)c1=S. The Bertz CT molecular complexity index is 555. The highest BCUT2D eigenvalue weighted by molar-refractivity contribution is 7.71. The van der Waals surface area contributed by atoms with E-state index in [2.05, 4.69) is 14.9 Å². The average molecular weight is 340 g/mol. The highest BCUT2D eigenvalue weighted by Gasteiger charge is 2.22. The van der Waals surface area contributed by atoms with Gasteiger partial charge in [-0.15, -0.1) is 0 Å². The molecule has 1 aliphatic carbocycles. The lowest BCUT2D eigenvalue weighted by Gasteiger charge is -2.37. The Kier molecular flexibility index (Phi) is 5.85. The van der Waals surface area contributed by atoms with Crippen LogP contribution < -0.4 is 0 Å². The van der Waals surface area contributed by atoms with Gasteiger partial charge in [0, 0.05) is 39.8 Å². The van der Waals surface area contributed by atoms with Gasteiger partial charge in [-0.05, 0) is 31.0 Å². The van der Waals surface area contributed by atoms with Crippen molar-refractivity contribution in [1.82, 2.24) is 24.1 Å². The molecule has 23 heavy (non-hydrogen) atoms. The van der Waals surface area contributed by atoms with Crippen molar-refractivity contribution in [2.24, 2.45) is 13.0 Å². The molecule has 0 spiro atoms. The van der Waals surface area contributed by atoms with E-state index >= 15 is 0 Å². The molecule has 0 radical (unpaired) electrons. The van der Waals surface area contributed by atoms with Crippen molar-refractivity contribution < 1.29 is 5.11 Å². The Balaban J connectivity index is 1.48. The Morgan fingerprint density at radius 1 is 1.09 bits per heavy atom. The van der Waals surface area contributed by atoms with Gasteiger partial charge in [0.1, 0.15) is 6.61 Å². The zero-order chi connectivity index (χ0) is 16.2. The van der Waals surface area contributed by atoms with Crippen molar-refractivity contribution in [3.63, 3.8) is 0 Å². The van der Waals surface area contributed by atoms with Crippen LogP contribution in [0.1, 0.15) is 37.9 Å². The summed E-state index contributed by atoms with van der Waals surface area (Å²) in [7, 11) is 1.86. The highest BCUT2D eigenvalue weighted by atomic mass is 32.1. The van der Waals surface area contributed by atoms with E-state index in [1.165, 1.54) is 38.6 Å². The van der Waals surface area contributed by atoms with E-state index in [1.807, 2.05) is 11.7 Å². The predicted molar refractivity (Wildman–Crippen MR) is 92.5 cm³/mol. The minimum Gasteiger partial charge on any atom is -0.388 e. The molecule has 1 aromatic heterocycles. The number of rotatable bonds is 5. The van der Waals surface area contributed by atoms with Crippen LogP contribution in [0, 0.1) is 10.7 Å². The summed E-state index contributed by atoms with van der Waals surface area (Å²) in [6, 6.07) is 0. The highest BCUT2D eigenvalue weighted by Crippen LogP contribution is 2.24. The first kappa shape index (κ1) is 17.1. The first-order valence-corrected chi connectivity index (χ1v) is 9.26. The first-order chi connectivity index (χ1) is 11.2. The Labute approximate surface area is 143 Å². The maximum atomic E-state index is 9.29. The first-order valence-electron chi connectivity index (χ1n) is 8.85. The van der Waals surface area contributed by atoms with Crippen molar-refractivity contribution >= 4 is 12.2 Å². The van der Waals surface area contributed by atoms with E-state index in [4.69, 9.17) is 12.2 Å². The zero-order valence-electron chi connectivity index (χ0n) is 14.2. The van der Waals surface area contributed by atoms with Gasteiger partial charge < -0.3 is 14.6 Å². The zero-order valence-corrected chi connectivity index (χ0v) is 15.0. The van der Waals surface area contributed by atoms with Crippen molar-refractivity contribution in [2.75, 3.05) is 32.7 Å². The monoisotopic (exact) mass is 339 g/mol. The molecule has 1 aliphatic heterocycles. The number of aliphatic hydroxyl groups is 1. The van der Waals surface area contributed by atoms with Crippen LogP contribution >= 0.6 is 12.2 Å². The van der Waals surface area contributed by atoms with Crippen molar-refractivity contribution in [2.45, 2.75) is 45.4 Å². The van der Waals surface area contributed by atoms with Crippen LogP contribution in [-0.4, -0.2) is 62.0 Å². The van der Waals surface area contributed by atoms with Crippen molar-refractivity contribution in [3.8, 4) is 0 Å². The van der Waals surface area contributed by atoms with Gasteiger partial charge in [0.15, 0.2) is 10.6 Å². The molecule has 6 nitrogen and oxygen atoms in total. The van der Waals surface area contributed by atoms with Crippen LogP contribution in [0.2, 0.25) is 0 Å². The van der Waals surface area contributed by atoms with Gasteiger partial charge in [-0.2, -0.15) is 5.10 Å². The van der Waals surface area contributed by atoms with E-state index in [-0.39, 0.29) is 6.61 Å². The quantitative estimate of drug-likeness (QED) is 0.826. The Hall–Kier alpha value is -0.760. The fourth-order valence-corrected chi connectivity index (χ4v) is 4.00. The molecule has 2 aliphatic rings. The predicted octanol–water partition coefficient (Wildman–Crippen LogP) is 1.60. The molecule has 2 fully saturated rings. The van der Waals surface area contributed by atoms with E-state index < -0.39 is 0 Å². The Morgan fingerprint density at radius 3 is 2.35 bits per heavy atom.